The van der Waals surface area contributed by atoms with Gasteiger partial charge in [0.1, 0.15) is 5.82 Å². The summed E-state index contributed by atoms with van der Waals surface area (Å²) in [5, 5.41) is 8.47. The monoisotopic (exact) mass is 331 g/mol. The molecule has 0 saturated heterocycles. The molecule has 1 aromatic heterocycles. The molecule has 1 N–H and O–H groups in total. The van der Waals surface area contributed by atoms with Gasteiger partial charge in [-0.2, -0.15) is 5.10 Å². The molecule has 1 aliphatic carbocycles. The van der Waals surface area contributed by atoms with Crippen LogP contribution in [0.25, 0.3) is 10.9 Å². The molecule has 24 heavy (non-hydrogen) atoms. The first-order valence-electron chi connectivity index (χ1n) is 8.95. The summed E-state index contributed by atoms with van der Waals surface area (Å²) in [5.41, 5.74) is 1.75. The normalized spacial score (nSPS) is 21.1. The first-order valence-corrected chi connectivity index (χ1v) is 8.95. The second kappa shape index (κ2) is 7.32. The third-order valence-corrected chi connectivity index (χ3v) is 5.05. The standard InChI is InChI=1S/C19H26FN3O/c1-13-5-8-16(9-6-13)21-19(24)4-3-11-23-18-10-7-15(20)12-17(18)14(2)22-23/h7,10,12-13,16H,3-6,8-9,11H2,1-2H3,(H,21,24). The van der Waals surface area contributed by atoms with Crippen LogP contribution in [0.1, 0.15) is 51.1 Å². The van der Waals surface area contributed by atoms with E-state index >= 15 is 0 Å². The molecule has 0 radical (unpaired) electrons. The molecule has 5 heteroatoms. The van der Waals surface area contributed by atoms with Gasteiger partial charge in [-0.15, -0.1) is 0 Å². The topological polar surface area (TPSA) is 46.9 Å². The number of aryl methyl sites for hydroxylation is 2. The van der Waals surface area contributed by atoms with Crippen LogP contribution in [-0.4, -0.2) is 21.7 Å². The van der Waals surface area contributed by atoms with Gasteiger partial charge < -0.3 is 5.32 Å². The third-order valence-electron chi connectivity index (χ3n) is 5.05. The number of nitrogens with zero attached hydrogens (tertiary/aromatic N) is 2. The van der Waals surface area contributed by atoms with E-state index in [1.807, 2.05) is 11.6 Å². The number of carbonyl (C=O) groups is 1. The van der Waals surface area contributed by atoms with E-state index in [4.69, 9.17) is 0 Å². The number of aromatic nitrogens is 2. The lowest BCUT2D eigenvalue weighted by Gasteiger charge is -2.26. The highest BCUT2D eigenvalue weighted by molar-refractivity contribution is 5.81. The first kappa shape index (κ1) is 16.9. The summed E-state index contributed by atoms with van der Waals surface area (Å²) < 4.78 is 15.2. The third kappa shape index (κ3) is 3.94. The number of hydrogen-bond acceptors (Lipinski definition) is 2. The highest BCUT2D eigenvalue weighted by atomic mass is 19.1. The number of carbonyl (C=O) groups excluding carboxylic acids is 1. The molecule has 2 aromatic rings. The summed E-state index contributed by atoms with van der Waals surface area (Å²) in [6.45, 7) is 4.83. The minimum Gasteiger partial charge on any atom is -0.353 e. The Morgan fingerprint density at radius 1 is 1.33 bits per heavy atom. The van der Waals surface area contributed by atoms with E-state index < -0.39 is 0 Å². The van der Waals surface area contributed by atoms with Gasteiger partial charge in [-0.05, 0) is 63.1 Å². The lowest BCUT2D eigenvalue weighted by atomic mass is 9.87. The van der Waals surface area contributed by atoms with E-state index in [0.717, 1.165) is 41.8 Å². The molecular formula is C19H26FN3O. The second-order valence-corrected chi connectivity index (χ2v) is 7.10. The number of rotatable bonds is 5. The Morgan fingerprint density at radius 2 is 2.08 bits per heavy atom. The molecule has 0 atom stereocenters. The highest BCUT2D eigenvalue weighted by Gasteiger charge is 2.19. The van der Waals surface area contributed by atoms with Gasteiger partial charge in [-0.1, -0.05) is 6.92 Å². The number of nitrogens with one attached hydrogen (secondary N) is 1. The van der Waals surface area contributed by atoms with E-state index in [2.05, 4.69) is 17.3 Å². The Morgan fingerprint density at radius 3 is 2.83 bits per heavy atom. The first-order chi connectivity index (χ1) is 11.5. The van der Waals surface area contributed by atoms with Crippen molar-refractivity contribution in [2.45, 2.75) is 65.0 Å². The number of benzene rings is 1. The Balaban J connectivity index is 1.50. The van der Waals surface area contributed by atoms with Crippen LogP contribution in [-0.2, 0) is 11.3 Å². The van der Waals surface area contributed by atoms with Crippen LogP contribution in [0, 0.1) is 18.7 Å². The van der Waals surface area contributed by atoms with Crippen LogP contribution in [0.2, 0.25) is 0 Å². The fourth-order valence-corrected chi connectivity index (χ4v) is 3.58. The van der Waals surface area contributed by atoms with Crippen LogP contribution >= 0.6 is 0 Å². The van der Waals surface area contributed by atoms with Crippen LogP contribution in [0.3, 0.4) is 0 Å². The van der Waals surface area contributed by atoms with E-state index in [1.54, 1.807) is 6.07 Å². The fraction of sp³-hybridized carbons (Fsp3) is 0.579. The number of fused-ring (bicyclic) bond motifs is 1. The Bertz CT molecular complexity index is 717. The molecule has 0 bridgehead atoms. The molecular weight excluding hydrogens is 305 g/mol. The zero-order valence-corrected chi connectivity index (χ0v) is 14.5. The van der Waals surface area contributed by atoms with Crippen molar-refractivity contribution >= 4 is 16.8 Å². The summed E-state index contributed by atoms with van der Waals surface area (Å²) >= 11 is 0. The quantitative estimate of drug-likeness (QED) is 0.901. The summed E-state index contributed by atoms with van der Waals surface area (Å²) in [7, 11) is 0. The molecule has 0 aliphatic heterocycles. The van der Waals surface area contributed by atoms with Gasteiger partial charge in [0.25, 0.3) is 0 Å². The number of hydrogen-bond donors (Lipinski definition) is 1. The van der Waals surface area contributed by atoms with Gasteiger partial charge in [0.2, 0.25) is 5.91 Å². The van der Waals surface area contributed by atoms with Crippen molar-refractivity contribution in [3.63, 3.8) is 0 Å². The van der Waals surface area contributed by atoms with Gasteiger partial charge >= 0.3 is 0 Å². The molecule has 1 heterocycles. The average Bonchev–Trinajstić information content (AvgIpc) is 2.85. The molecule has 1 saturated carbocycles. The Labute approximate surface area is 142 Å². The van der Waals surface area contributed by atoms with Gasteiger partial charge in [-0.25, -0.2) is 4.39 Å². The predicted octanol–water partition coefficient (Wildman–Crippen LogP) is 3.96. The lowest BCUT2D eigenvalue weighted by molar-refractivity contribution is -0.122. The summed E-state index contributed by atoms with van der Waals surface area (Å²) in [6, 6.07) is 5.08. The molecule has 1 fully saturated rings. The van der Waals surface area contributed by atoms with Crippen LogP contribution in [0.5, 0.6) is 0 Å². The van der Waals surface area contributed by atoms with Gasteiger partial charge in [-0.3, -0.25) is 9.48 Å². The molecule has 1 aromatic carbocycles. The summed E-state index contributed by atoms with van der Waals surface area (Å²) in [6.07, 6.45) is 5.86. The van der Waals surface area contributed by atoms with E-state index in [9.17, 15) is 9.18 Å². The molecule has 1 amide bonds. The van der Waals surface area contributed by atoms with E-state index in [0.29, 0.717) is 19.0 Å². The van der Waals surface area contributed by atoms with Crippen molar-refractivity contribution in [1.29, 1.82) is 0 Å². The van der Waals surface area contributed by atoms with Gasteiger partial charge in [0.15, 0.2) is 0 Å². The van der Waals surface area contributed by atoms with E-state index in [1.165, 1.54) is 25.0 Å². The molecule has 1 aliphatic rings. The van der Waals surface area contributed by atoms with Crippen molar-refractivity contribution in [3.05, 3.63) is 29.7 Å². The molecule has 4 nitrogen and oxygen atoms in total. The lowest BCUT2D eigenvalue weighted by Crippen LogP contribution is -2.37. The predicted molar refractivity (Wildman–Crippen MR) is 93.2 cm³/mol. The zero-order valence-electron chi connectivity index (χ0n) is 14.5. The zero-order chi connectivity index (χ0) is 17.1. The Hall–Kier alpha value is -1.91. The maximum Gasteiger partial charge on any atom is 0.220 e. The highest BCUT2D eigenvalue weighted by Crippen LogP contribution is 2.23. The maximum atomic E-state index is 13.3. The molecule has 130 valence electrons. The molecule has 0 spiro atoms. The average molecular weight is 331 g/mol. The largest absolute Gasteiger partial charge is 0.353 e. The fourth-order valence-electron chi connectivity index (χ4n) is 3.58. The van der Waals surface area contributed by atoms with Crippen LogP contribution in [0.4, 0.5) is 4.39 Å². The molecule has 3 rings (SSSR count). The summed E-state index contributed by atoms with van der Waals surface area (Å²) in [5.74, 6) is 0.680. The van der Waals surface area contributed by atoms with Gasteiger partial charge in [0.05, 0.1) is 11.2 Å². The molecule has 0 unspecified atom stereocenters. The Kier molecular flexibility index (Phi) is 5.17. The summed E-state index contributed by atoms with van der Waals surface area (Å²) in [4.78, 5) is 12.1. The number of amides is 1. The second-order valence-electron chi connectivity index (χ2n) is 7.10. The van der Waals surface area contributed by atoms with Crippen molar-refractivity contribution in [1.82, 2.24) is 15.1 Å². The van der Waals surface area contributed by atoms with E-state index in [-0.39, 0.29) is 11.7 Å². The maximum absolute atomic E-state index is 13.3. The SMILES string of the molecule is Cc1nn(CCCC(=O)NC2CCC(C)CC2)c2ccc(F)cc12. The van der Waals surface area contributed by atoms with Crippen LogP contribution < -0.4 is 5.32 Å². The minimum absolute atomic E-state index is 0.133. The smallest absolute Gasteiger partial charge is 0.220 e. The van der Waals surface area contributed by atoms with Gasteiger partial charge in [0, 0.05) is 24.4 Å². The van der Waals surface area contributed by atoms with Crippen molar-refractivity contribution in [2.75, 3.05) is 0 Å². The van der Waals surface area contributed by atoms with Crippen LogP contribution in [0.15, 0.2) is 18.2 Å². The van der Waals surface area contributed by atoms with Crippen molar-refractivity contribution in [3.8, 4) is 0 Å². The number of halogens is 1. The minimum atomic E-state index is -0.244. The van der Waals surface area contributed by atoms with Crippen molar-refractivity contribution in [2.24, 2.45) is 5.92 Å². The van der Waals surface area contributed by atoms with Crippen molar-refractivity contribution < 1.29 is 9.18 Å².